The summed E-state index contributed by atoms with van der Waals surface area (Å²) in [6.45, 7) is 10.4. The van der Waals surface area contributed by atoms with E-state index in [1.165, 1.54) is 77.5 Å². The third kappa shape index (κ3) is 3.02. The maximum atomic E-state index is 6.30. The first kappa shape index (κ1) is 15.8. The monoisotopic (exact) mass is 293 g/mol. The SMILES string of the molecule is CC(C)N1CCN(C2(CN)CCC3(CCCC3)CC2)CC1. The van der Waals surface area contributed by atoms with Crippen LogP contribution in [0.25, 0.3) is 0 Å². The topological polar surface area (TPSA) is 32.5 Å². The van der Waals surface area contributed by atoms with Gasteiger partial charge in [-0.15, -0.1) is 0 Å². The predicted molar refractivity (Wildman–Crippen MR) is 89.4 cm³/mol. The molecule has 0 atom stereocenters. The molecule has 1 aliphatic heterocycles. The normalized spacial score (nSPS) is 30.3. The van der Waals surface area contributed by atoms with E-state index < -0.39 is 0 Å². The number of piperazine rings is 1. The lowest BCUT2D eigenvalue weighted by Crippen LogP contribution is -2.62. The van der Waals surface area contributed by atoms with Gasteiger partial charge in [-0.05, 0) is 57.8 Å². The van der Waals surface area contributed by atoms with Crippen LogP contribution < -0.4 is 5.73 Å². The van der Waals surface area contributed by atoms with Gasteiger partial charge in [-0.2, -0.15) is 0 Å². The Hall–Kier alpha value is -0.120. The van der Waals surface area contributed by atoms with Crippen LogP contribution in [-0.4, -0.2) is 54.1 Å². The van der Waals surface area contributed by atoms with E-state index in [-0.39, 0.29) is 0 Å². The molecule has 0 amide bonds. The number of rotatable bonds is 3. The lowest BCUT2D eigenvalue weighted by atomic mass is 9.65. The van der Waals surface area contributed by atoms with Crippen LogP contribution in [0.15, 0.2) is 0 Å². The van der Waals surface area contributed by atoms with Crippen LogP contribution >= 0.6 is 0 Å². The van der Waals surface area contributed by atoms with Gasteiger partial charge in [0, 0.05) is 44.3 Å². The maximum Gasteiger partial charge on any atom is 0.0333 e. The van der Waals surface area contributed by atoms with Crippen molar-refractivity contribution in [1.82, 2.24) is 9.80 Å². The summed E-state index contributed by atoms with van der Waals surface area (Å²) in [4.78, 5) is 5.37. The Labute approximate surface area is 131 Å². The van der Waals surface area contributed by atoms with Gasteiger partial charge in [0.15, 0.2) is 0 Å². The van der Waals surface area contributed by atoms with Crippen molar-refractivity contribution < 1.29 is 0 Å². The highest BCUT2D eigenvalue weighted by Crippen LogP contribution is 2.52. The Balaban J connectivity index is 1.60. The largest absolute Gasteiger partial charge is 0.329 e. The van der Waals surface area contributed by atoms with E-state index in [1.807, 2.05) is 0 Å². The first-order valence-electron chi connectivity index (χ1n) is 9.28. The summed E-state index contributed by atoms with van der Waals surface area (Å²) in [6.07, 6.45) is 11.5. The van der Waals surface area contributed by atoms with Crippen molar-refractivity contribution in [3.05, 3.63) is 0 Å². The Kier molecular flexibility index (Phi) is 4.63. The third-order valence-electron chi connectivity index (χ3n) is 7.00. The average Bonchev–Trinajstić information content (AvgIpc) is 2.97. The zero-order valence-corrected chi connectivity index (χ0v) is 14.2. The Morgan fingerprint density at radius 3 is 1.90 bits per heavy atom. The summed E-state index contributed by atoms with van der Waals surface area (Å²) < 4.78 is 0. The molecule has 2 saturated carbocycles. The summed E-state index contributed by atoms with van der Waals surface area (Å²) in [6, 6.07) is 0.689. The molecule has 2 N–H and O–H groups in total. The standard InChI is InChI=1S/C18H35N3/c1-16(2)20-11-13-21(14-12-20)18(15-19)9-7-17(8-10-18)5-3-4-6-17/h16H,3-15,19H2,1-2H3. The molecule has 3 fully saturated rings. The summed E-state index contributed by atoms with van der Waals surface area (Å²) >= 11 is 0. The van der Waals surface area contributed by atoms with E-state index in [1.54, 1.807) is 0 Å². The molecule has 122 valence electrons. The van der Waals surface area contributed by atoms with Gasteiger partial charge in [0.2, 0.25) is 0 Å². The molecule has 3 nitrogen and oxygen atoms in total. The van der Waals surface area contributed by atoms with Crippen LogP contribution in [0, 0.1) is 5.41 Å². The van der Waals surface area contributed by atoms with Crippen LogP contribution in [0.1, 0.15) is 65.2 Å². The van der Waals surface area contributed by atoms with Crippen molar-refractivity contribution >= 4 is 0 Å². The third-order valence-corrected chi connectivity index (χ3v) is 7.00. The van der Waals surface area contributed by atoms with Crippen LogP contribution in [0.4, 0.5) is 0 Å². The lowest BCUT2D eigenvalue weighted by Gasteiger charge is -2.53. The Bertz CT molecular complexity index is 328. The van der Waals surface area contributed by atoms with E-state index in [4.69, 9.17) is 5.73 Å². The molecule has 2 aliphatic carbocycles. The van der Waals surface area contributed by atoms with Gasteiger partial charge in [0.25, 0.3) is 0 Å². The first-order valence-corrected chi connectivity index (χ1v) is 9.28. The highest BCUT2D eigenvalue weighted by atomic mass is 15.3. The fourth-order valence-corrected chi connectivity index (χ4v) is 5.23. The second-order valence-electron chi connectivity index (χ2n) is 8.25. The summed E-state index contributed by atoms with van der Waals surface area (Å²) in [7, 11) is 0. The minimum Gasteiger partial charge on any atom is -0.329 e. The number of hydrogen-bond acceptors (Lipinski definition) is 3. The Morgan fingerprint density at radius 2 is 1.43 bits per heavy atom. The van der Waals surface area contributed by atoms with Crippen molar-refractivity contribution in [3.8, 4) is 0 Å². The lowest BCUT2D eigenvalue weighted by molar-refractivity contribution is -0.0199. The molecular weight excluding hydrogens is 258 g/mol. The highest BCUT2D eigenvalue weighted by Gasteiger charge is 2.46. The van der Waals surface area contributed by atoms with Gasteiger partial charge < -0.3 is 5.73 Å². The highest BCUT2D eigenvalue weighted by molar-refractivity contribution is 5.02. The van der Waals surface area contributed by atoms with Gasteiger partial charge in [0.1, 0.15) is 0 Å². The van der Waals surface area contributed by atoms with Crippen molar-refractivity contribution in [1.29, 1.82) is 0 Å². The van der Waals surface area contributed by atoms with Crippen LogP contribution in [0.5, 0.6) is 0 Å². The molecule has 1 heterocycles. The molecule has 21 heavy (non-hydrogen) atoms. The second-order valence-corrected chi connectivity index (χ2v) is 8.25. The minimum atomic E-state index is 0.330. The number of nitrogens with two attached hydrogens (primary N) is 1. The number of hydrogen-bond donors (Lipinski definition) is 1. The van der Waals surface area contributed by atoms with Crippen LogP contribution in [0.3, 0.4) is 0 Å². The molecule has 1 spiro atoms. The van der Waals surface area contributed by atoms with Gasteiger partial charge in [0.05, 0.1) is 0 Å². The zero-order valence-electron chi connectivity index (χ0n) is 14.2. The molecule has 0 aromatic heterocycles. The van der Waals surface area contributed by atoms with E-state index in [9.17, 15) is 0 Å². The van der Waals surface area contributed by atoms with E-state index in [0.29, 0.717) is 11.6 Å². The molecule has 0 radical (unpaired) electrons. The van der Waals surface area contributed by atoms with Crippen molar-refractivity contribution in [3.63, 3.8) is 0 Å². The average molecular weight is 293 g/mol. The second kappa shape index (κ2) is 6.17. The predicted octanol–water partition coefficient (Wildman–Crippen LogP) is 2.84. The first-order chi connectivity index (χ1) is 10.1. The molecule has 0 bridgehead atoms. The van der Waals surface area contributed by atoms with Crippen LogP contribution in [-0.2, 0) is 0 Å². The van der Waals surface area contributed by atoms with Crippen molar-refractivity contribution in [2.75, 3.05) is 32.7 Å². The van der Waals surface area contributed by atoms with E-state index in [2.05, 4.69) is 23.6 Å². The molecule has 1 saturated heterocycles. The minimum absolute atomic E-state index is 0.330. The molecular formula is C18H35N3. The smallest absolute Gasteiger partial charge is 0.0333 e. The molecule has 0 unspecified atom stereocenters. The summed E-state index contributed by atoms with van der Waals surface area (Å²) in [5.41, 5.74) is 7.35. The van der Waals surface area contributed by atoms with Gasteiger partial charge >= 0.3 is 0 Å². The van der Waals surface area contributed by atoms with Crippen LogP contribution in [0.2, 0.25) is 0 Å². The fourth-order valence-electron chi connectivity index (χ4n) is 5.23. The molecule has 3 rings (SSSR count). The van der Waals surface area contributed by atoms with E-state index >= 15 is 0 Å². The number of nitrogens with zero attached hydrogens (tertiary/aromatic N) is 2. The zero-order chi connectivity index (χ0) is 14.9. The summed E-state index contributed by atoms with van der Waals surface area (Å²) in [5.74, 6) is 0. The van der Waals surface area contributed by atoms with Crippen molar-refractivity contribution in [2.45, 2.75) is 76.8 Å². The maximum absolute atomic E-state index is 6.30. The van der Waals surface area contributed by atoms with Crippen molar-refractivity contribution in [2.24, 2.45) is 11.1 Å². The van der Waals surface area contributed by atoms with Gasteiger partial charge in [-0.25, -0.2) is 0 Å². The molecule has 0 aromatic carbocycles. The quantitative estimate of drug-likeness (QED) is 0.868. The Morgan fingerprint density at radius 1 is 0.857 bits per heavy atom. The molecule has 0 aromatic rings. The van der Waals surface area contributed by atoms with Gasteiger partial charge in [-0.3, -0.25) is 9.80 Å². The fraction of sp³-hybridized carbons (Fsp3) is 1.00. The molecule has 3 heteroatoms. The van der Waals surface area contributed by atoms with E-state index in [0.717, 1.165) is 12.0 Å². The van der Waals surface area contributed by atoms with Gasteiger partial charge in [-0.1, -0.05) is 12.8 Å². The molecule has 3 aliphatic rings. The summed E-state index contributed by atoms with van der Waals surface area (Å²) in [5, 5.41) is 0.